The Kier molecular flexibility index (Phi) is 5.83. The van der Waals surface area contributed by atoms with E-state index in [1.807, 2.05) is 29.4 Å². The Hall–Kier alpha value is -2.20. The normalized spacial score (nSPS) is 19.2. The van der Waals surface area contributed by atoms with Gasteiger partial charge in [0.1, 0.15) is 0 Å². The summed E-state index contributed by atoms with van der Waals surface area (Å²) in [7, 11) is 0. The lowest BCUT2D eigenvalue weighted by molar-refractivity contribution is 0.0628. The predicted octanol–water partition coefficient (Wildman–Crippen LogP) is 4.09. The van der Waals surface area contributed by atoms with E-state index in [2.05, 4.69) is 34.1 Å². The first kappa shape index (κ1) is 18.2. The molecule has 1 saturated heterocycles. The van der Waals surface area contributed by atoms with Gasteiger partial charge in [-0.15, -0.1) is 0 Å². The molecule has 2 aliphatic rings. The average Bonchev–Trinajstić information content (AvgIpc) is 2.75. The first-order chi connectivity index (χ1) is 13.3. The highest BCUT2D eigenvalue weighted by atomic mass is 16.2. The Labute approximate surface area is 162 Å². The molecule has 1 aromatic heterocycles. The molecule has 1 aromatic carbocycles. The second-order valence-electron chi connectivity index (χ2n) is 7.88. The molecule has 1 amide bonds. The van der Waals surface area contributed by atoms with Crippen LogP contribution < -0.4 is 0 Å². The molecule has 0 radical (unpaired) electrons. The Balaban J connectivity index is 1.31. The summed E-state index contributed by atoms with van der Waals surface area (Å²) in [5.41, 5.74) is 3.52. The lowest BCUT2D eigenvalue weighted by Gasteiger charge is -2.34. The first-order valence-corrected chi connectivity index (χ1v) is 10.3. The summed E-state index contributed by atoms with van der Waals surface area (Å²) in [4.78, 5) is 21.3. The van der Waals surface area contributed by atoms with Crippen LogP contribution in [0.5, 0.6) is 0 Å². The predicted molar refractivity (Wildman–Crippen MR) is 108 cm³/mol. The summed E-state index contributed by atoms with van der Waals surface area (Å²) < 4.78 is 0. The van der Waals surface area contributed by atoms with Gasteiger partial charge in [0.05, 0.1) is 0 Å². The quantitative estimate of drug-likeness (QED) is 0.821. The van der Waals surface area contributed by atoms with Crippen molar-refractivity contribution >= 4 is 5.91 Å². The van der Waals surface area contributed by atoms with Gasteiger partial charge in [-0.25, -0.2) is 0 Å². The molecule has 1 aliphatic carbocycles. The summed E-state index contributed by atoms with van der Waals surface area (Å²) in [6.07, 6.45) is 10.3. The highest BCUT2D eigenvalue weighted by Crippen LogP contribution is 2.32. The maximum absolute atomic E-state index is 12.9. The highest BCUT2D eigenvalue weighted by molar-refractivity contribution is 5.94. The molecule has 0 bridgehead atoms. The second kappa shape index (κ2) is 8.66. The van der Waals surface area contributed by atoms with Gasteiger partial charge in [-0.3, -0.25) is 14.7 Å². The minimum absolute atomic E-state index is 0.175. The Morgan fingerprint density at radius 3 is 2.22 bits per heavy atom. The van der Waals surface area contributed by atoms with Gasteiger partial charge in [0.15, 0.2) is 0 Å². The van der Waals surface area contributed by atoms with E-state index in [1.54, 1.807) is 0 Å². The molecule has 2 heterocycles. The van der Waals surface area contributed by atoms with E-state index in [4.69, 9.17) is 0 Å². The molecule has 4 heteroatoms. The van der Waals surface area contributed by atoms with E-state index < -0.39 is 0 Å². The number of nitrogens with zero attached hydrogens (tertiary/aromatic N) is 3. The van der Waals surface area contributed by atoms with Crippen molar-refractivity contribution in [3.8, 4) is 0 Å². The van der Waals surface area contributed by atoms with Crippen molar-refractivity contribution in [3.05, 3.63) is 65.5 Å². The van der Waals surface area contributed by atoms with Gasteiger partial charge in [-0.05, 0) is 54.2 Å². The van der Waals surface area contributed by atoms with E-state index in [0.717, 1.165) is 38.3 Å². The van der Waals surface area contributed by atoms with Crippen LogP contribution in [0, 0.1) is 0 Å². The van der Waals surface area contributed by atoms with Crippen LogP contribution in [-0.4, -0.2) is 46.9 Å². The van der Waals surface area contributed by atoms with E-state index in [-0.39, 0.29) is 5.91 Å². The molecule has 27 heavy (non-hydrogen) atoms. The zero-order chi connectivity index (χ0) is 18.5. The van der Waals surface area contributed by atoms with Crippen molar-refractivity contribution in [2.75, 3.05) is 26.2 Å². The van der Waals surface area contributed by atoms with E-state index >= 15 is 0 Å². The number of benzene rings is 1. The molecule has 0 unspecified atom stereocenters. The van der Waals surface area contributed by atoms with Gasteiger partial charge in [0, 0.05) is 50.7 Å². The smallest absolute Gasteiger partial charge is 0.253 e. The zero-order valence-corrected chi connectivity index (χ0v) is 16.0. The SMILES string of the molecule is O=C(c1ccc(C2CCCCC2)cc1)N1CCN(Cc2ccncc2)CC1. The van der Waals surface area contributed by atoms with Crippen LogP contribution in [-0.2, 0) is 6.54 Å². The largest absolute Gasteiger partial charge is 0.336 e. The molecule has 1 saturated carbocycles. The third kappa shape index (κ3) is 4.56. The zero-order valence-electron chi connectivity index (χ0n) is 16.0. The summed E-state index contributed by atoms with van der Waals surface area (Å²) in [6.45, 7) is 4.38. The number of hydrogen-bond donors (Lipinski definition) is 0. The summed E-state index contributed by atoms with van der Waals surface area (Å²) in [6, 6.07) is 12.6. The molecule has 0 N–H and O–H groups in total. The Morgan fingerprint density at radius 1 is 0.889 bits per heavy atom. The third-order valence-corrected chi connectivity index (χ3v) is 6.05. The lowest BCUT2D eigenvalue weighted by Crippen LogP contribution is -2.48. The molecule has 2 aromatic rings. The monoisotopic (exact) mass is 363 g/mol. The van der Waals surface area contributed by atoms with Crippen LogP contribution in [0.1, 0.15) is 59.5 Å². The molecule has 1 aliphatic heterocycles. The van der Waals surface area contributed by atoms with Crippen molar-refractivity contribution in [1.29, 1.82) is 0 Å². The van der Waals surface area contributed by atoms with Crippen molar-refractivity contribution < 1.29 is 4.79 Å². The molecular formula is C23H29N3O. The fourth-order valence-corrected chi connectivity index (χ4v) is 4.37. The maximum atomic E-state index is 12.9. The first-order valence-electron chi connectivity index (χ1n) is 10.3. The minimum Gasteiger partial charge on any atom is -0.336 e. The number of carbonyl (C=O) groups is 1. The van der Waals surface area contributed by atoms with Crippen molar-refractivity contribution in [3.63, 3.8) is 0 Å². The van der Waals surface area contributed by atoms with E-state index in [0.29, 0.717) is 5.92 Å². The van der Waals surface area contributed by atoms with Crippen LogP contribution in [0.4, 0.5) is 0 Å². The van der Waals surface area contributed by atoms with Crippen LogP contribution in [0.15, 0.2) is 48.8 Å². The van der Waals surface area contributed by atoms with Gasteiger partial charge in [-0.2, -0.15) is 0 Å². The topological polar surface area (TPSA) is 36.4 Å². The maximum Gasteiger partial charge on any atom is 0.253 e. The van der Waals surface area contributed by atoms with Crippen LogP contribution >= 0.6 is 0 Å². The van der Waals surface area contributed by atoms with Gasteiger partial charge in [-0.1, -0.05) is 31.4 Å². The fraction of sp³-hybridized carbons (Fsp3) is 0.478. The summed E-state index contributed by atoms with van der Waals surface area (Å²) in [5, 5.41) is 0. The molecule has 0 spiro atoms. The molecular weight excluding hydrogens is 334 g/mol. The van der Waals surface area contributed by atoms with Gasteiger partial charge >= 0.3 is 0 Å². The number of hydrogen-bond acceptors (Lipinski definition) is 3. The molecule has 0 atom stereocenters. The lowest BCUT2D eigenvalue weighted by atomic mass is 9.84. The van der Waals surface area contributed by atoms with E-state index in [1.165, 1.54) is 43.2 Å². The van der Waals surface area contributed by atoms with E-state index in [9.17, 15) is 4.79 Å². The van der Waals surface area contributed by atoms with Crippen molar-refractivity contribution in [2.24, 2.45) is 0 Å². The third-order valence-electron chi connectivity index (χ3n) is 6.05. The van der Waals surface area contributed by atoms with Crippen molar-refractivity contribution in [1.82, 2.24) is 14.8 Å². The fourth-order valence-electron chi connectivity index (χ4n) is 4.37. The standard InChI is InChI=1S/C23H29N3O/c27-23(22-8-6-21(7-9-22)20-4-2-1-3-5-20)26-16-14-25(15-17-26)18-19-10-12-24-13-11-19/h6-13,20H,1-5,14-18H2. The number of carbonyl (C=O) groups excluding carboxylic acids is 1. The average molecular weight is 364 g/mol. The molecule has 2 fully saturated rings. The minimum atomic E-state index is 0.175. The Bertz CT molecular complexity index is 730. The summed E-state index contributed by atoms with van der Waals surface area (Å²) in [5.74, 6) is 0.869. The number of rotatable bonds is 4. The second-order valence-corrected chi connectivity index (χ2v) is 7.88. The van der Waals surface area contributed by atoms with Gasteiger partial charge < -0.3 is 4.90 Å². The van der Waals surface area contributed by atoms with Crippen LogP contribution in [0.25, 0.3) is 0 Å². The number of aromatic nitrogens is 1. The van der Waals surface area contributed by atoms with Crippen LogP contribution in [0.3, 0.4) is 0 Å². The number of pyridine rings is 1. The highest BCUT2D eigenvalue weighted by Gasteiger charge is 2.22. The Morgan fingerprint density at radius 2 is 1.56 bits per heavy atom. The number of piperazine rings is 1. The number of amides is 1. The summed E-state index contributed by atoms with van der Waals surface area (Å²) >= 11 is 0. The van der Waals surface area contributed by atoms with Crippen molar-refractivity contribution in [2.45, 2.75) is 44.6 Å². The van der Waals surface area contributed by atoms with Crippen LogP contribution in [0.2, 0.25) is 0 Å². The van der Waals surface area contributed by atoms with Gasteiger partial charge in [0.2, 0.25) is 0 Å². The molecule has 4 nitrogen and oxygen atoms in total. The molecule has 142 valence electrons. The molecule has 4 rings (SSSR count). The van der Waals surface area contributed by atoms with Gasteiger partial charge in [0.25, 0.3) is 5.91 Å².